The maximum absolute atomic E-state index is 12.1. The van der Waals surface area contributed by atoms with Crippen LogP contribution >= 0.6 is 11.6 Å². The molecule has 1 fully saturated rings. The van der Waals surface area contributed by atoms with Crippen LogP contribution in [-0.4, -0.2) is 58.3 Å². The van der Waals surface area contributed by atoms with Gasteiger partial charge >= 0.3 is 0 Å². The SMILES string of the molecule is CC(C)CS(=O)(=O)C1CN(C(=O)CCNS(=O)(=O)c2cccc(Cl)c2)C1. The second-order valence-electron chi connectivity index (χ2n) is 6.75. The van der Waals surface area contributed by atoms with E-state index in [1.807, 2.05) is 13.8 Å². The van der Waals surface area contributed by atoms with Crippen LogP contribution in [0.1, 0.15) is 20.3 Å². The van der Waals surface area contributed by atoms with Crippen molar-refractivity contribution >= 4 is 37.4 Å². The molecule has 0 aromatic heterocycles. The van der Waals surface area contributed by atoms with Gasteiger partial charge in [-0.15, -0.1) is 0 Å². The first kappa shape index (κ1) is 21.1. The van der Waals surface area contributed by atoms with Crippen LogP contribution < -0.4 is 4.72 Å². The molecule has 10 heteroatoms. The van der Waals surface area contributed by atoms with Crippen LogP contribution in [-0.2, 0) is 24.7 Å². The lowest BCUT2D eigenvalue weighted by Gasteiger charge is -2.39. The van der Waals surface area contributed by atoms with Crippen LogP contribution in [0, 0.1) is 5.92 Å². The zero-order valence-corrected chi connectivity index (χ0v) is 17.1. The van der Waals surface area contributed by atoms with Crippen LogP contribution in [0.15, 0.2) is 29.2 Å². The van der Waals surface area contributed by atoms with Gasteiger partial charge in [0.1, 0.15) is 0 Å². The van der Waals surface area contributed by atoms with Crippen LogP contribution in [0.4, 0.5) is 0 Å². The largest absolute Gasteiger partial charge is 0.340 e. The molecule has 0 atom stereocenters. The highest BCUT2D eigenvalue weighted by Gasteiger charge is 2.39. The van der Waals surface area contributed by atoms with E-state index in [4.69, 9.17) is 11.6 Å². The molecule has 0 spiro atoms. The maximum atomic E-state index is 12.1. The number of nitrogens with one attached hydrogen (secondary N) is 1. The monoisotopic (exact) mass is 422 g/mol. The van der Waals surface area contributed by atoms with Crippen LogP contribution in [0.2, 0.25) is 5.02 Å². The molecular formula is C16H23ClN2O5S2. The lowest BCUT2D eigenvalue weighted by molar-refractivity contribution is -0.134. The summed E-state index contributed by atoms with van der Waals surface area (Å²) in [4.78, 5) is 13.5. The topological polar surface area (TPSA) is 101 Å². The number of hydrogen-bond donors (Lipinski definition) is 1. The number of carbonyl (C=O) groups excluding carboxylic acids is 1. The van der Waals surface area contributed by atoms with Gasteiger partial charge in [0, 0.05) is 31.1 Å². The highest BCUT2D eigenvalue weighted by atomic mass is 35.5. The summed E-state index contributed by atoms with van der Waals surface area (Å²) >= 11 is 5.78. The first-order valence-corrected chi connectivity index (χ1v) is 11.8. The maximum Gasteiger partial charge on any atom is 0.240 e. The lowest BCUT2D eigenvalue weighted by atomic mass is 10.2. The van der Waals surface area contributed by atoms with Crippen molar-refractivity contribution in [3.63, 3.8) is 0 Å². The Morgan fingerprint density at radius 3 is 2.50 bits per heavy atom. The molecule has 7 nitrogen and oxygen atoms in total. The predicted molar refractivity (Wildman–Crippen MR) is 100 cm³/mol. The molecule has 26 heavy (non-hydrogen) atoms. The Kier molecular flexibility index (Phi) is 6.70. The highest BCUT2D eigenvalue weighted by molar-refractivity contribution is 7.92. The van der Waals surface area contributed by atoms with Crippen molar-refractivity contribution in [2.75, 3.05) is 25.4 Å². The third-order valence-corrected chi connectivity index (χ3v) is 8.15. The average molecular weight is 423 g/mol. The van der Waals surface area contributed by atoms with Gasteiger partial charge in [0.05, 0.1) is 15.9 Å². The minimum atomic E-state index is -3.74. The standard InChI is InChI=1S/C16H23ClN2O5S2/c1-12(2)11-25(21,22)15-9-19(10-15)16(20)6-7-18-26(23,24)14-5-3-4-13(17)8-14/h3-5,8,12,15,18H,6-7,9-11H2,1-2H3. The highest BCUT2D eigenvalue weighted by Crippen LogP contribution is 2.20. The minimum absolute atomic E-state index is 0.0289. The van der Waals surface area contributed by atoms with Gasteiger partial charge in [0.2, 0.25) is 15.9 Å². The summed E-state index contributed by atoms with van der Waals surface area (Å²) in [6, 6.07) is 5.83. The Balaban J connectivity index is 1.80. The fraction of sp³-hybridized carbons (Fsp3) is 0.562. The van der Waals surface area contributed by atoms with E-state index in [1.54, 1.807) is 6.07 Å². The molecule has 1 heterocycles. The van der Waals surface area contributed by atoms with Crippen molar-refractivity contribution in [3.8, 4) is 0 Å². The average Bonchev–Trinajstić information content (AvgIpc) is 2.43. The van der Waals surface area contributed by atoms with Gasteiger partial charge in [0.25, 0.3) is 0 Å². The molecule has 0 saturated carbocycles. The van der Waals surface area contributed by atoms with E-state index in [0.29, 0.717) is 5.02 Å². The quantitative estimate of drug-likeness (QED) is 0.680. The van der Waals surface area contributed by atoms with Crippen molar-refractivity contribution in [2.45, 2.75) is 30.4 Å². The van der Waals surface area contributed by atoms with Gasteiger partial charge < -0.3 is 4.90 Å². The summed E-state index contributed by atoms with van der Waals surface area (Å²) in [6.07, 6.45) is -0.0310. The van der Waals surface area contributed by atoms with Crippen LogP contribution in [0.5, 0.6) is 0 Å². The number of rotatable bonds is 8. The van der Waals surface area contributed by atoms with E-state index in [1.165, 1.54) is 23.1 Å². The predicted octanol–water partition coefficient (Wildman–Crippen LogP) is 1.29. The van der Waals surface area contributed by atoms with E-state index in [2.05, 4.69) is 4.72 Å². The smallest absolute Gasteiger partial charge is 0.240 e. The number of likely N-dealkylation sites (tertiary alicyclic amines) is 1. The van der Waals surface area contributed by atoms with Crippen LogP contribution in [0.3, 0.4) is 0 Å². The molecule has 146 valence electrons. The molecular weight excluding hydrogens is 400 g/mol. The Bertz CT molecular complexity index is 862. The zero-order chi connectivity index (χ0) is 19.5. The Hall–Kier alpha value is -1.16. The number of amides is 1. The fourth-order valence-corrected chi connectivity index (χ4v) is 5.99. The van der Waals surface area contributed by atoms with Crippen molar-refractivity contribution in [1.82, 2.24) is 9.62 Å². The molecule has 1 aromatic rings. The number of sulfonamides is 1. The molecule has 1 amide bonds. The number of carbonyl (C=O) groups is 1. The molecule has 0 bridgehead atoms. The lowest BCUT2D eigenvalue weighted by Crippen LogP contribution is -2.57. The molecule has 1 aromatic carbocycles. The summed E-state index contributed by atoms with van der Waals surface area (Å²) in [5.74, 6) is -0.112. The second kappa shape index (κ2) is 8.24. The first-order valence-electron chi connectivity index (χ1n) is 8.26. The third-order valence-electron chi connectivity index (χ3n) is 4.01. The number of halogens is 1. The van der Waals surface area contributed by atoms with E-state index >= 15 is 0 Å². The third kappa shape index (κ3) is 5.42. The summed E-state index contributed by atoms with van der Waals surface area (Å²) in [6.45, 7) is 3.97. The summed E-state index contributed by atoms with van der Waals surface area (Å²) in [5, 5.41) is -0.213. The van der Waals surface area contributed by atoms with Crippen molar-refractivity contribution in [3.05, 3.63) is 29.3 Å². The fourth-order valence-electron chi connectivity index (χ4n) is 2.64. The van der Waals surface area contributed by atoms with Gasteiger partial charge in [-0.25, -0.2) is 21.6 Å². The van der Waals surface area contributed by atoms with Crippen molar-refractivity contribution in [2.24, 2.45) is 5.92 Å². The first-order chi connectivity index (χ1) is 12.0. The number of benzene rings is 1. The molecule has 0 radical (unpaired) electrons. The van der Waals surface area contributed by atoms with Crippen molar-refractivity contribution < 1.29 is 21.6 Å². The zero-order valence-electron chi connectivity index (χ0n) is 14.7. The number of hydrogen-bond acceptors (Lipinski definition) is 5. The summed E-state index contributed by atoms with van der Waals surface area (Å²) in [5.41, 5.74) is 0. The molecule has 0 aliphatic carbocycles. The Morgan fingerprint density at radius 2 is 1.92 bits per heavy atom. The molecule has 1 N–H and O–H groups in total. The van der Waals surface area contributed by atoms with Crippen LogP contribution in [0.25, 0.3) is 0 Å². The summed E-state index contributed by atoms with van der Waals surface area (Å²) < 4.78 is 50.8. The van der Waals surface area contributed by atoms with Gasteiger partial charge in [0.15, 0.2) is 9.84 Å². The Morgan fingerprint density at radius 1 is 1.27 bits per heavy atom. The van der Waals surface area contributed by atoms with Gasteiger partial charge in [-0.1, -0.05) is 31.5 Å². The van der Waals surface area contributed by atoms with Gasteiger partial charge in [-0.2, -0.15) is 0 Å². The normalized spacial score (nSPS) is 15.9. The van der Waals surface area contributed by atoms with E-state index < -0.39 is 25.1 Å². The van der Waals surface area contributed by atoms with E-state index in [9.17, 15) is 21.6 Å². The van der Waals surface area contributed by atoms with E-state index in [-0.39, 0.29) is 48.5 Å². The van der Waals surface area contributed by atoms with E-state index in [0.717, 1.165) is 0 Å². The van der Waals surface area contributed by atoms with Gasteiger partial charge in [-0.05, 0) is 24.1 Å². The number of nitrogens with zero attached hydrogens (tertiary/aromatic N) is 1. The molecule has 1 aliphatic rings. The molecule has 2 rings (SSSR count). The summed E-state index contributed by atoms with van der Waals surface area (Å²) in [7, 11) is -6.93. The van der Waals surface area contributed by atoms with Crippen molar-refractivity contribution in [1.29, 1.82) is 0 Å². The number of sulfone groups is 1. The minimum Gasteiger partial charge on any atom is -0.340 e. The molecule has 1 saturated heterocycles. The molecule has 1 aliphatic heterocycles. The molecule has 0 unspecified atom stereocenters. The second-order valence-corrected chi connectivity index (χ2v) is 11.3. The van der Waals surface area contributed by atoms with Gasteiger partial charge in [-0.3, -0.25) is 4.79 Å². The Labute approximate surface area is 159 Å².